The highest BCUT2D eigenvalue weighted by atomic mass is 19.1. The fourth-order valence-corrected chi connectivity index (χ4v) is 1.03. The fourth-order valence-electron chi connectivity index (χ4n) is 1.03. The lowest BCUT2D eigenvalue weighted by molar-refractivity contribution is 0.338. The molecule has 0 unspecified atom stereocenters. The molecule has 8 N–H and O–H groups in total. The summed E-state index contributed by atoms with van der Waals surface area (Å²) in [6, 6.07) is 11.6. The number of halogens is 4. The van der Waals surface area contributed by atoms with Crippen molar-refractivity contribution in [1.29, 1.82) is 0 Å². The maximum Gasteiger partial charge on any atom is 0.674 e. The van der Waals surface area contributed by atoms with Crippen molar-refractivity contribution in [2.24, 2.45) is 0 Å². The van der Waals surface area contributed by atoms with Gasteiger partial charge in [0, 0.05) is 12.4 Å². The first-order valence-electron chi connectivity index (χ1n) is 6.73. The monoisotopic (exact) mass is 412 g/mol. The van der Waals surface area contributed by atoms with Crippen LogP contribution >= 0.6 is 0 Å². The summed E-state index contributed by atoms with van der Waals surface area (Å²) in [5, 5.41) is 55.6. The third kappa shape index (κ3) is 39.2. The van der Waals surface area contributed by atoms with Crippen LogP contribution in [-0.4, -0.2) is 79.7 Å². The van der Waals surface area contributed by atoms with Gasteiger partial charge in [-0.1, -0.05) is 12.1 Å². The molecule has 10 nitrogen and oxygen atoms in total. The SMILES string of the molecule is OB(O)F.OB(O)F.OB(O)F.OB(O)F.c1ccc(-c2ccccn2)nc1. The van der Waals surface area contributed by atoms with E-state index >= 15 is 0 Å². The van der Waals surface area contributed by atoms with Crippen molar-refractivity contribution in [3.8, 4) is 11.4 Å². The molecule has 0 aromatic carbocycles. The molecule has 2 aromatic rings. The van der Waals surface area contributed by atoms with Crippen molar-refractivity contribution in [2.45, 2.75) is 0 Å². The fraction of sp³-hybridized carbons (Fsp3) is 0. The third-order valence-corrected chi connectivity index (χ3v) is 1.59. The standard InChI is InChI=1S/C10H8N2.4BFH2O2/c1-3-7-11-9(5-1)10-6-2-4-8-12-10;4*2-1(3)4/h1-8H;4*3-4H. The van der Waals surface area contributed by atoms with Gasteiger partial charge in [-0.25, -0.2) is 0 Å². The van der Waals surface area contributed by atoms with Crippen LogP contribution < -0.4 is 0 Å². The molecule has 2 aromatic heterocycles. The van der Waals surface area contributed by atoms with E-state index in [1.54, 1.807) is 12.4 Å². The molecule has 18 heteroatoms. The number of pyridine rings is 2. The molecule has 0 aliphatic heterocycles. The molecule has 0 atom stereocenters. The number of rotatable bonds is 1. The molecule has 0 radical (unpaired) electrons. The second-order valence-electron chi connectivity index (χ2n) is 3.67. The van der Waals surface area contributed by atoms with E-state index in [1.807, 2.05) is 36.4 Å². The summed E-state index contributed by atoms with van der Waals surface area (Å²) in [6.07, 6.45) is 3.54. The molecule has 0 amide bonds. The van der Waals surface area contributed by atoms with E-state index in [2.05, 4.69) is 9.97 Å². The highest BCUT2D eigenvalue weighted by molar-refractivity contribution is 6.32. The van der Waals surface area contributed by atoms with Crippen molar-refractivity contribution < 1.29 is 57.5 Å². The molecule has 0 saturated carbocycles. The average Bonchev–Trinajstić information content (AvgIpc) is 2.54. The van der Waals surface area contributed by atoms with Crippen LogP contribution in [0.2, 0.25) is 0 Å². The van der Waals surface area contributed by atoms with Crippen LogP contribution in [-0.2, 0) is 0 Å². The molecule has 0 bridgehead atoms. The summed E-state index contributed by atoms with van der Waals surface area (Å²) < 4.78 is 40.4. The number of nitrogens with zero attached hydrogens (tertiary/aromatic N) is 2. The van der Waals surface area contributed by atoms with Gasteiger partial charge in [-0.05, 0) is 24.3 Å². The largest absolute Gasteiger partial charge is 0.674 e. The molecular formula is C10H16B4F4N2O8. The van der Waals surface area contributed by atoms with Crippen molar-refractivity contribution in [3.05, 3.63) is 48.8 Å². The maximum atomic E-state index is 10.1. The zero-order chi connectivity index (χ0) is 22.5. The van der Waals surface area contributed by atoms with Crippen LogP contribution in [0.3, 0.4) is 0 Å². The van der Waals surface area contributed by atoms with Gasteiger partial charge in [0.2, 0.25) is 0 Å². The molecule has 0 fully saturated rings. The van der Waals surface area contributed by atoms with Crippen molar-refractivity contribution >= 4 is 29.6 Å². The molecule has 0 spiro atoms. The Kier molecular flexibility index (Phi) is 23.3. The quantitative estimate of drug-likeness (QED) is 0.190. The first-order chi connectivity index (χ1) is 12.9. The first kappa shape index (κ1) is 30.7. The van der Waals surface area contributed by atoms with Gasteiger partial charge in [-0.2, -0.15) is 0 Å². The lowest BCUT2D eigenvalue weighted by Crippen LogP contribution is -1.98. The predicted molar refractivity (Wildman–Crippen MR) is 92.7 cm³/mol. The van der Waals surface area contributed by atoms with Gasteiger partial charge in [0.15, 0.2) is 0 Å². The van der Waals surface area contributed by atoms with Crippen molar-refractivity contribution in [1.82, 2.24) is 9.97 Å². The Bertz CT molecular complexity index is 479. The Labute approximate surface area is 158 Å². The van der Waals surface area contributed by atoms with Crippen LogP contribution in [0.4, 0.5) is 17.3 Å². The first-order valence-corrected chi connectivity index (χ1v) is 6.73. The van der Waals surface area contributed by atoms with Gasteiger partial charge in [0.05, 0.1) is 11.4 Å². The Hall–Kier alpha value is -2.04. The minimum absolute atomic E-state index is 0.915. The van der Waals surface area contributed by atoms with E-state index < -0.39 is 29.6 Å². The van der Waals surface area contributed by atoms with E-state index in [4.69, 9.17) is 40.2 Å². The molecule has 0 aliphatic carbocycles. The summed E-state index contributed by atoms with van der Waals surface area (Å²) in [6.45, 7) is 0. The highest BCUT2D eigenvalue weighted by Crippen LogP contribution is 2.10. The lowest BCUT2D eigenvalue weighted by Gasteiger charge is -1.96. The van der Waals surface area contributed by atoms with Gasteiger partial charge < -0.3 is 40.2 Å². The van der Waals surface area contributed by atoms with Gasteiger partial charge in [-0.3, -0.25) is 27.2 Å². The van der Waals surface area contributed by atoms with Crippen LogP contribution in [0.5, 0.6) is 0 Å². The maximum absolute atomic E-state index is 10.1. The van der Waals surface area contributed by atoms with Crippen LogP contribution in [0.1, 0.15) is 0 Å². The second kappa shape index (κ2) is 21.3. The summed E-state index contributed by atoms with van der Waals surface area (Å²) in [4.78, 5) is 8.37. The Morgan fingerprint density at radius 3 is 0.857 bits per heavy atom. The van der Waals surface area contributed by atoms with Gasteiger partial charge in [0.25, 0.3) is 0 Å². The van der Waals surface area contributed by atoms with E-state index in [1.165, 1.54) is 0 Å². The lowest BCUT2D eigenvalue weighted by atomic mass is 10.2. The third-order valence-electron chi connectivity index (χ3n) is 1.59. The number of aromatic nitrogens is 2. The van der Waals surface area contributed by atoms with Crippen LogP contribution in [0.15, 0.2) is 48.8 Å². The van der Waals surface area contributed by atoms with E-state index in [0.717, 1.165) is 11.4 Å². The van der Waals surface area contributed by atoms with E-state index in [-0.39, 0.29) is 0 Å². The topological polar surface area (TPSA) is 188 Å². The molecule has 0 aliphatic rings. The van der Waals surface area contributed by atoms with Gasteiger partial charge in [0.1, 0.15) is 0 Å². The second-order valence-corrected chi connectivity index (χ2v) is 3.67. The molecule has 0 saturated heterocycles. The van der Waals surface area contributed by atoms with Crippen LogP contribution in [0, 0.1) is 0 Å². The number of hydrogen-bond acceptors (Lipinski definition) is 10. The average molecular weight is 411 g/mol. The van der Waals surface area contributed by atoms with Gasteiger partial charge >= 0.3 is 29.6 Å². The van der Waals surface area contributed by atoms with E-state index in [9.17, 15) is 17.3 Å². The zero-order valence-electron chi connectivity index (χ0n) is 13.9. The molecular weight excluding hydrogens is 395 g/mol. The summed E-state index contributed by atoms with van der Waals surface area (Å²) in [5.74, 6) is 0. The minimum Gasteiger partial charge on any atom is -0.398 e. The van der Waals surface area contributed by atoms with E-state index in [0.29, 0.717) is 0 Å². The minimum atomic E-state index is -2.67. The smallest absolute Gasteiger partial charge is 0.398 e. The summed E-state index contributed by atoms with van der Waals surface area (Å²) >= 11 is 0. The Morgan fingerprint density at radius 1 is 0.500 bits per heavy atom. The predicted octanol–water partition coefficient (Wildman–Crippen LogP) is -2.15. The van der Waals surface area contributed by atoms with Crippen molar-refractivity contribution in [2.75, 3.05) is 0 Å². The molecule has 2 rings (SSSR count). The molecule has 154 valence electrons. The Morgan fingerprint density at radius 2 is 0.714 bits per heavy atom. The number of hydrogen-bond donors (Lipinski definition) is 8. The van der Waals surface area contributed by atoms with Gasteiger partial charge in [-0.15, -0.1) is 0 Å². The summed E-state index contributed by atoms with van der Waals surface area (Å²) in [5.41, 5.74) is 1.83. The summed E-state index contributed by atoms with van der Waals surface area (Å²) in [7, 11) is -10.7. The molecule has 28 heavy (non-hydrogen) atoms. The van der Waals surface area contributed by atoms with Crippen LogP contribution in [0.25, 0.3) is 11.4 Å². The Balaban J connectivity index is -0.000000328. The normalized spacial score (nSPS) is 8.00. The molecule has 2 heterocycles. The highest BCUT2D eigenvalue weighted by Gasteiger charge is 1.98. The zero-order valence-corrected chi connectivity index (χ0v) is 13.9. The van der Waals surface area contributed by atoms with Crippen molar-refractivity contribution in [3.63, 3.8) is 0 Å².